The Bertz CT molecular complexity index is 1190. The zero-order chi connectivity index (χ0) is 25.2. The average Bonchev–Trinajstić information content (AvgIpc) is 2.87. The maximum Gasteiger partial charge on any atom is 0.243 e. The summed E-state index contributed by atoms with van der Waals surface area (Å²) in [6.45, 7) is 5.28. The van der Waals surface area contributed by atoms with E-state index in [4.69, 9.17) is 4.74 Å². The molecule has 9 heteroatoms. The van der Waals surface area contributed by atoms with Crippen LogP contribution in [-0.4, -0.2) is 57.8 Å². The molecule has 0 radical (unpaired) electrons. The molecule has 1 saturated heterocycles. The standard InChI is InChI=1S/C26H33N3O5S/c1-4-34-23-9-7-22(8-10-23)27(3)26(31)20-13-16-28(17-14-20)35(32,33)24-11-12-25-21(18-24)6-5-15-29(25)19(2)30/h7-12,18,20H,4-6,13-17H2,1-3H3. The van der Waals surface area contributed by atoms with Crippen LogP contribution in [0.25, 0.3) is 0 Å². The van der Waals surface area contributed by atoms with E-state index < -0.39 is 10.0 Å². The highest BCUT2D eigenvalue weighted by Crippen LogP contribution is 2.32. The molecule has 0 saturated carbocycles. The first-order valence-corrected chi connectivity index (χ1v) is 13.6. The summed E-state index contributed by atoms with van der Waals surface area (Å²) in [7, 11) is -1.93. The lowest BCUT2D eigenvalue weighted by molar-refractivity contribution is -0.123. The van der Waals surface area contributed by atoms with E-state index >= 15 is 0 Å². The van der Waals surface area contributed by atoms with E-state index in [0.717, 1.165) is 35.5 Å². The fourth-order valence-electron chi connectivity index (χ4n) is 4.89. The minimum absolute atomic E-state index is 0.00990. The summed E-state index contributed by atoms with van der Waals surface area (Å²) in [5, 5.41) is 0. The molecule has 2 aliphatic rings. The van der Waals surface area contributed by atoms with Crippen molar-refractivity contribution in [2.45, 2.75) is 44.4 Å². The topological polar surface area (TPSA) is 87.2 Å². The van der Waals surface area contributed by atoms with Crippen LogP contribution in [0.3, 0.4) is 0 Å². The molecule has 2 amide bonds. The van der Waals surface area contributed by atoms with Crippen LogP contribution in [0.4, 0.5) is 11.4 Å². The van der Waals surface area contributed by atoms with Crippen molar-refractivity contribution in [1.29, 1.82) is 0 Å². The number of benzene rings is 2. The molecule has 0 atom stereocenters. The number of sulfonamides is 1. The highest BCUT2D eigenvalue weighted by atomic mass is 32.2. The fourth-order valence-corrected chi connectivity index (χ4v) is 6.41. The first-order chi connectivity index (χ1) is 16.7. The summed E-state index contributed by atoms with van der Waals surface area (Å²) < 4.78 is 33.6. The van der Waals surface area contributed by atoms with E-state index in [9.17, 15) is 18.0 Å². The maximum absolute atomic E-state index is 13.3. The van der Waals surface area contributed by atoms with E-state index in [1.807, 2.05) is 31.2 Å². The molecule has 1 fully saturated rings. The SMILES string of the molecule is CCOc1ccc(N(C)C(=O)C2CCN(S(=O)(=O)c3ccc4c(c3)CCCN4C(C)=O)CC2)cc1. The molecule has 2 aliphatic heterocycles. The number of carbonyl (C=O) groups excluding carboxylic acids is 2. The molecular formula is C26H33N3O5S. The Labute approximate surface area is 207 Å². The summed E-state index contributed by atoms with van der Waals surface area (Å²) in [5.74, 6) is 0.477. The molecule has 8 nitrogen and oxygen atoms in total. The zero-order valence-corrected chi connectivity index (χ0v) is 21.4. The predicted molar refractivity (Wildman–Crippen MR) is 135 cm³/mol. The van der Waals surface area contributed by atoms with Crippen molar-refractivity contribution in [3.05, 3.63) is 48.0 Å². The second kappa shape index (κ2) is 10.4. The number of ether oxygens (including phenoxy) is 1. The van der Waals surface area contributed by atoms with Gasteiger partial charge < -0.3 is 14.5 Å². The summed E-state index contributed by atoms with van der Waals surface area (Å²) in [4.78, 5) is 28.6. The number of carbonyl (C=O) groups is 2. The highest BCUT2D eigenvalue weighted by Gasteiger charge is 2.34. The van der Waals surface area contributed by atoms with Crippen LogP contribution >= 0.6 is 0 Å². The van der Waals surface area contributed by atoms with Gasteiger partial charge in [-0.3, -0.25) is 9.59 Å². The van der Waals surface area contributed by atoms with Crippen molar-refractivity contribution in [2.75, 3.05) is 43.1 Å². The third kappa shape index (κ3) is 5.21. The normalized spacial score (nSPS) is 17.1. The van der Waals surface area contributed by atoms with Crippen molar-refractivity contribution in [2.24, 2.45) is 5.92 Å². The molecule has 0 spiro atoms. The minimum Gasteiger partial charge on any atom is -0.494 e. The van der Waals surface area contributed by atoms with Gasteiger partial charge in [0.05, 0.1) is 11.5 Å². The quantitative estimate of drug-likeness (QED) is 0.608. The summed E-state index contributed by atoms with van der Waals surface area (Å²) >= 11 is 0. The van der Waals surface area contributed by atoms with Crippen LogP contribution < -0.4 is 14.5 Å². The molecular weight excluding hydrogens is 466 g/mol. The molecule has 0 N–H and O–H groups in total. The Morgan fingerprint density at radius 2 is 1.74 bits per heavy atom. The number of fused-ring (bicyclic) bond motifs is 1. The van der Waals surface area contributed by atoms with Crippen LogP contribution in [0.5, 0.6) is 5.75 Å². The van der Waals surface area contributed by atoms with Gasteiger partial charge in [0.25, 0.3) is 0 Å². The second-order valence-electron chi connectivity index (χ2n) is 9.07. The van der Waals surface area contributed by atoms with Gasteiger partial charge >= 0.3 is 0 Å². The average molecular weight is 500 g/mol. The van der Waals surface area contributed by atoms with Gasteiger partial charge in [0.1, 0.15) is 5.75 Å². The molecule has 2 heterocycles. The molecule has 2 aromatic rings. The van der Waals surface area contributed by atoms with Crippen LogP contribution in [0.1, 0.15) is 38.7 Å². The van der Waals surface area contributed by atoms with Gasteiger partial charge in [0.15, 0.2) is 0 Å². The van der Waals surface area contributed by atoms with Crippen molar-refractivity contribution in [3.63, 3.8) is 0 Å². The van der Waals surface area contributed by atoms with Crippen molar-refractivity contribution < 1.29 is 22.7 Å². The van der Waals surface area contributed by atoms with Gasteiger partial charge in [-0.25, -0.2) is 8.42 Å². The number of anilines is 2. The molecule has 0 aromatic heterocycles. The number of hydrogen-bond acceptors (Lipinski definition) is 5. The number of piperidine rings is 1. The minimum atomic E-state index is -3.67. The molecule has 0 aliphatic carbocycles. The van der Waals surface area contributed by atoms with Gasteiger partial charge in [-0.05, 0) is 80.6 Å². The largest absolute Gasteiger partial charge is 0.494 e. The van der Waals surface area contributed by atoms with Crippen molar-refractivity contribution >= 4 is 33.2 Å². The Hall–Kier alpha value is -2.91. The van der Waals surface area contributed by atoms with Gasteiger partial charge in [0, 0.05) is 50.9 Å². The third-order valence-corrected chi connectivity index (χ3v) is 8.75. The Morgan fingerprint density at radius 3 is 2.37 bits per heavy atom. The van der Waals surface area contributed by atoms with Crippen molar-refractivity contribution in [3.8, 4) is 5.75 Å². The molecule has 4 rings (SSSR count). The number of aryl methyl sites for hydroxylation is 1. The van der Waals surface area contributed by atoms with Crippen LogP contribution in [0.2, 0.25) is 0 Å². The van der Waals surface area contributed by atoms with Gasteiger partial charge in [-0.1, -0.05) is 0 Å². The molecule has 188 valence electrons. The van der Waals surface area contributed by atoms with E-state index in [1.54, 1.807) is 35.0 Å². The predicted octanol–water partition coefficient (Wildman–Crippen LogP) is 3.45. The lowest BCUT2D eigenvalue weighted by atomic mass is 9.96. The maximum atomic E-state index is 13.3. The first kappa shape index (κ1) is 25.2. The highest BCUT2D eigenvalue weighted by molar-refractivity contribution is 7.89. The lowest BCUT2D eigenvalue weighted by Gasteiger charge is -2.33. The molecule has 0 bridgehead atoms. The van der Waals surface area contributed by atoms with E-state index in [0.29, 0.717) is 39.1 Å². The smallest absolute Gasteiger partial charge is 0.243 e. The summed E-state index contributed by atoms with van der Waals surface area (Å²) in [5.41, 5.74) is 2.46. The Morgan fingerprint density at radius 1 is 1.06 bits per heavy atom. The Balaban J connectivity index is 1.41. The monoisotopic (exact) mass is 499 g/mol. The lowest BCUT2D eigenvalue weighted by Crippen LogP contribution is -2.43. The molecule has 35 heavy (non-hydrogen) atoms. The number of amides is 2. The number of hydrogen-bond donors (Lipinski definition) is 0. The molecule has 0 unspecified atom stereocenters. The Kier molecular flexibility index (Phi) is 7.47. The number of rotatable bonds is 6. The van der Waals surface area contributed by atoms with Gasteiger partial charge in [-0.2, -0.15) is 4.31 Å². The fraction of sp³-hybridized carbons (Fsp3) is 0.462. The van der Waals surface area contributed by atoms with E-state index in [2.05, 4.69) is 0 Å². The number of nitrogens with zero attached hydrogens (tertiary/aromatic N) is 3. The van der Waals surface area contributed by atoms with E-state index in [1.165, 1.54) is 11.2 Å². The third-order valence-electron chi connectivity index (χ3n) is 6.86. The van der Waals surface area contributed by atoms with Crippen LogP contribution in [0, 0.1) is 5.92 Å². The molecule has 2 aromatic carbocycles. The summed E-state index contributed by atoms with van der Waals surface area (Å²) in [6.07, 6.45) is 2.51. The summed E-state index contributed by atoms with van der Waals surface area (Å²) in [6, 6.07) is 12.4. The van der Waals surface area contributed by atoms with Gasteiger partial charge in [-0.15, -0.1) is 0 Å². The first-order valence-electron chi connectivity index (χ1n) is 12.1. The van der Waals surface area contributed by atoms with Crippen LogP contribution in [0.15, 0.2) is 47.4 Å². The van der Waals surface area contributed by atoms with Crippen molar-refractivity contribution in [1.82, 2.24) is 4.31 Å². The second-order valence-corrected chi connectivity index (χ2v) is 11.0. The van der Waals surface area contributed by atoms with Gasteiger partial charge in [0.2, 0.25) is 21.8 Å². The van der Waals surface area contributed by atoms with E-state index in [-0.39, 0.29) is 22.6 Å². The van der Waals surface area contributed by atoms with Crippen LogP contribution in [-0.2, 0) is 26.0 Å². The zero-order valence-electron chi connectivity index (χ0n) is 20.6.